The van der Waals surface area contributed by atoms with Gasteiger partial charge >= 0.3 is 0 Å². The van der Waals surface area contributed by atoms with Crippen molar-refractivity contribution in [2.45, 2.75) is 64.3 Å². The molecule has 1 amide bonds. The second-order valence-electron chi connectivity index (χ2n) is 8.46. The zero-order valence-corrected chi connectivity index (χ0v) is 16.5. The van der Waals surface area contributed by atoms with Crippen molar-refractivity contribution in [1.29, 1.82) is 0 Å². The number of carbonyl (C=O) groups is 2. The Morgan fingerprint density at radius 2 is 1.89 bits per heavy atom. The average Bonchev–Trinajstić information content (AvgIpc) is 2.93. The van der Waals surface area contributed by atoms with E-state index in [1.54, 1.807) is 18.5 Å². The Morgan fingerprint density at radius 1 is 1.04 bits per heavy atom. The fraction of sp³-hybridized carbons (Fsp3) is 0.500. The molecule has 2 aromatic rings. The van der Waals surface area contributed by atoms with Crippen LogP contribution in [0.15, 0.2) is 30.6 Å². The molecule has 2 bridgehead atoms. The number of amides is 1. The number of Topliss-reactive ketones (excluding diaryl/α,β-unsaturated/α-hetero) is 1. The molecule has 0 aliphatic heterocycles. The Hall–Kier alpha value is -2.63. The number of ketones is 1. The number of nitrogens with one attached hydrogen (secondary N) is 1. The fourth-order valence-electron chi connectivity index (χ4n) is 4.97. The minimum absolute atomic E-state index is 0.140. The highest BCUT2D eigenvalue weighted by molar-refractivity contribution is 5.93. The van der Waals surface area contributed by atoms with E-state index in [0.29, 0.717) is 12.1 Å². The first-order valence-electron chi connectivity index (χ1n) is 9.97. The number of aromatic nitrogens is 3. The van der Waals surface area contributed by atoms with Gasteiger partial charge in [-0.3, -0.25) is 19.6 Å². The maximum absolute atomic E-state index is 13.2. The SMILES string of the molecule is Cc1cncc(CC(=O)C23CCCC(NC(=O)c4cccc(C)n4)(CC2)C3)n1. The van der Waals surface area contributed by atoms with Crippen molar-refractivity contribution in [3.05, 3.63) is 53.4 Å². The van der Waals surface area contributed by atoms with E-state index in [1.165, 1.54) is 0 Å². The number of rotatable bonds is 5. The number of fused-ring (bicyclic) bond motifs is 2. The highest BCUT2D eigenvalue weighted by Crippen LogP contribution is 2.54. The third-order valence-corrected chi connectivity index (χ3v) is 6.31. The molecule has 2 atom stereocenters. The second-order valence-corrected chi connectivity index (χ2v) is 8.46. The molecule has 146 valence electrons. The van der Waals surface area contributed by atoms with E-state index >= 15 is 0 Å². The van der Waals surface area contributed by atoms with Gasteiger partial charge < -0.3 is 5.32 Å². The van der Waals surface area contributed by atoms with Crippen molar-refractivity contribution in [2.24, 2.45) is 5.41 Å². The summed E-state index contributed by atoms with van der Waals surface area (Å²) in [6.07, 6.45) is 8.85. The molecule has 28 heavy (non-hydrogen) atoms. The largest absolute Gasteiger partial charge is 0.345 e. The van der Waals surface area contributed by atoms with E-state index in [9.17, 15) is 9.59 Å². The smallest absolute Gasteiger partial charge is 0.270 e. The van der Waals surface area contributed by atoms with E-state index in [4.69, 9.17) is 0 Å². The molecule has 2 unspecified atom stereocenters. The number of hydrogen-bond acceptors (Lipinski definition) is 5. The number of carbonyl (C=O) groups excluding carboxylic acids is 2. The van der Waals surface area contributed by atoms with Crippen LogP contribution in [-0.4, -0.2) is 32.2 Å². The van der Waals surface area contributed by atoms with E-state index in [2.05, 4.69) is 20.3 Å². The predicted octanol–water partition coefficient (Wildman–Crippen LogP) is 3.12. The molecule has 0 radical (unpaired) electrons. The molecule has 0 aromatic carbocycles. The van der Waals surface area contributed by atoms with E-state index in [1.807, 2.05) is 26.0 Å². The summed E-state index contributed by atoms with van der Waals surface area (Å²) < 4.78 is 0. The monoisotopic (exact) mass is 378 g/mol. The molecule has 2 aliphatic carbocycles. The normalized spacial score (nSPS) is 26.1. The first-order valence-corrected chi connectivity index (χ1v) is 9.97. The average molecular weight is 378 g/mol. The summed E-state index contributed by atoms with van der Waals surface area (Å²) in [5.74, 6) is 0.0929. The lowest BCUT2D eigenvalue weighted by Gasteiger charge is -2.39. The zero-order valence-electron chi connectivity index (χ0n) is 16.5. The highest BCUT2D eigenvalue weighted by atomic mass is 16.2. The zero-order chi connectivity index (χ0) is 19.8. The number of pyridine rings is 1. The third-order valence-electron chi connectivity index (χ3n) is 6.31. The van der Waals surface area contributed by atoms with Gasteiger partial charge in [0.1, 0.15) is 11.5 Å². The summed E-state index contributed by atoms with van der Waals surface area (Å²) in [4.78, 5) is 38.9. The van der Waals surface area contributed by atoms with E-state index in [0.717, 1.165) is 55.6 Å². The van der Waals surface area contributed by atoms with Gasteiger partial charge in [0.05, 0.1) is 17.8 Å². The number of nitrogens with zero attached hydrogens (tertiary/aromatic N) is 3. The van der Waals surface area contributed by atoms with Crippen molar-refractivity contribution in [3.63, 3.8) is 0 Å². The highest BCUT2D eigenvalue weighted by Gasteiger charge is 2.54. The van der Waals surface area contributed by atoms with Gasteiger partial charge in [0, 0.05) is 29.0 Å². The van der Waals surface area contributed by atoms with Crippen LogP contribution in [0.4, 0.5) is 0 Å². The van der Waals surface area contributed by atoms with Crippen LogP contribution in [0, 0.1) is 19.3 Å². The standard InChI is InChI=1S/C22H26N4O2/c1-15-5-3-6-18(25-15)20(28)26-22-8-4-7-21(14-22,9-10-22)19(27)11-17-13-23-12-16(2)24-17/h3,5-6,12-13H,4,7-11,14H2,1-2H3,(H,26,28). The Bertz CT molecular complexity index is 928. The van der Waals surface area contributed by atoms with Crippen molar-refractivity contribution < 1.29 is 9.59 Å². The van der Waals surface area contributed by atoms with Crippen molar-refractivity contribution >= 4 is 11.7 Å². The first-order chi connectivity index (χ1) is 13.4. The molecule has 4 rings (SSSR count). The van der Waals surface area contributed by atoms with Crippen LogP contribution >= 0.6 is 0 Å². The lowest BCUT2D eigenvalue weighted by atomic mass is 9.69. The van der Waals surface area contributed by atoms with E-state index < -0.39 is 0 Å². The summed E-state index contributed by atoms with van der Waals surface area (Å²) in [7, 11) is 0. The van der Waals surface area contributed by atoms with Gasteiger partial charge in [-0.2, -0.15) is 0 Å². The van der Waals surface area contributed by atoms with Crippen LogP contribution in [0.2, 0.25) is 0 Å². The Labute approximate surface area is 165 Å². The molecule has 2 aliphatic rings. The quantitative estimate of drug-likeness (QED) is 0.864. The predicted molar refractivity (Wildman–Crippen MR) is 105 cm³/mol. The molecule has 6 heteroatoms. The number of hydrogen-bond donors (Lipinski definition) is 1. The topological polar surface area (TPSA) is 84.8 Å². The van der Waals surface area contributed by atoms with Gasteiger partial charge in [-0.15, -0.1) is 0 Å². The first kappa shape index (κ1) is 18.7. The van der Waals surface area contributed by atoms with Gasteiger partial charge in [0.2, 0.25) is 0 Å². The van der Waals surface area contributed by atoms with Crippen LogP contribution in [0.1, 0.15) is 66.1 Å². The minimum atomic E-state index is -0.350. The molecule has 6 nitrogen and oxygen atoms in total. The van der Waals surface area contributed by atoms with Crippen molar-refractivity contribution in [3.8, 4) is 0 Å². The van der Waals surface area contributed by atoms with Crippen LogP contribution in [0.25, 0.3) is 0 Å². The van der Waals surface area contributed by atoms with Gasteiger partial charge in [-0.25, -0.2) is 4.98 Å². The summed E-state index contributed by atoms with van der Waals surface area (Å²) in [6, 6.07) is 5.47. The van der Waals surface area contributed by atoms with Crippen LogP contribution < -0.4 is 5.32 Å². The molecular weight excluding hydrogens is 352 g/mol. The fourth-order valence-corrected chi connectivity index (χ4v) is 4.97. The maximum Gasteiger partial charge on any atom is 0.270 e. The Kier molecular flexibility index (Phi) is 4.73. The van der Waals surface area contributed by atoms with Gasteiger partial charge in [-0.1, -0.05) is 12.5 Å². The molecule has 0 saturated heterocycles. The maximum atomic E-state index is 13.2. The molecule has 2 heterocycles. The molecule has 2 aromatic heterocycles. The van der Waals surface area contributed by atoms with Crippen LogP contribution in [0.3, 0.4) is 0 Å². The van der Waals surface area contributed by atoms with E-state index in [-0.39, 0.29) is 22.6 Å². The number of aryl methyl sites for hydroxylation is 2. The Morgan fingerprint density at radius 3 is 2.68 bits per heavy atom. The summed E-state index contributed by atoms with van der Waals surface area (Å²) in [6.45, 7) is 3.76. The molecule has 2 saturated carbocycles. The van der Waals surface area contributed by atoms with Crippen molar-refractivity contribution in [1.82, 2.24) is 20.3 Å². The van der Waals surface area contributed by atoms with Gasteiger partial charge in [-0.05, 0) is 58.1 Å². The molecule has 1 N–H and O–H groups in total. The summed E-state index contributed by atoms with van der Waals surface area (Å²) >= 11 is 0. The van der Waals surface area contributed by atoms with Crippen LogP contribution in [-0.2, 0) is 11.2 Å². The van der Waals surface area contributed by atoms with Crippen molar-refractivity contribution in [2.75, 3.05) is 0 Å². The summed E-state index contributed by atoms with van der Waals surface area (Å²) in [5, 5.41) is 3.24. The molecule has 0 spiro atoms. The van der Waals surface area contributed by atoms with Gasteiger partial charge in [0.25, 0.3) is 5.91 Å². The minimum Gasteiger partial charge on any atom is -0.345 e. The van der Waals surface area contributed by atoms with Gasteiger partial charge in [0.15, 0.2) is 0 Å². The lowest BCUT2D eigenvalue weighted by Crippen LogP contribution is -2.50. The lowest BCUT2D eigenvalue weighted by molar-refractivity contribution is -0.129. The second kappa shape index (κ2) is 7.08. The Balaban J connectivity index is 1.49. The molecule has 2 fully saturated rings. The van der Waals surface area contributed by atoms with Crippen LogP contribution in [0.5, 0.6) is 0 Å². The molecular formula is C22H26N4O2. The third kappa shape index (κ3) is 3.55. The summed E-state index contributed by atoms with van der Waals surface area (Å²) in [5.41, 5.74) is 2.18.